The summed E-state index contributed by atoms with van der Waals surface area (Å²) >= 11 is 6.31. The number of rotatable bonds is 4. The Hall–Kier alpha value is -0.730. The Morgan fingerprint density at radius 2 is 2.15 bits per heavy atom. The van der Waals surface area contributed by atoms with Crippen LogP contribution in [0.4, 0.5) is 5.69 Å². The topological polar surface area (TPSA) is 15.3 Å². The normalized spacial score (nSPS) is 24.8. The van der Waals surface area contributed by atoms with Gasteiger partial charge in [0.1, 0.15) is 0 Å². The van der Waals surface area contributed by atoms with Gasteiger partial charge in [-0.25, -0.2) is 0 Å². The second-order valence-electron chi connectivity index (χ2n) is 6.05. The summed E-state index contributed by atoms with van der Waals surface area (Å²) in [7, 11) is 0. The van der Waals surface area contributed by atoms with Crippen LogP contribution in [0.2, 0.25) is 5.02 Å². The molecule has 0 amide bonds. The van der Waals surface area contributed by atoms with Crippen LogP contribution < -0.4 is 10.2 Å². The standard InChI is InChI=1S/C17H27ClN2/c1-5-12(3)17-11-20(14(6-2)10-19-17)15-8-7-13(4)16(18)9-15/h7-9,12,14,17,19H,5-6,10-11H2,1-4H3. The molecular weight excluding hydrogens is 268 g/mol. The third-order valence-corrected chi connectivity index (χ3v) is 5.15. The molecular formula is C17H27ClN2. The number of hydrogen-bond donors (Lipinski definition) is 1. The van der Waals surface area contributed by atoms with Crippen LogP contribution in [0, 0.1) is 12.8 Å². The molecule has 1 saturated heterocycles. The van der Waals surface area contributed by atoms with Crippen molar-refractivity contribution in [1.82, 2.24) is 5.32 Å². The first-order valence-electron chi connectivity index (χ1n) is 7.83. The number of anilines is 1. The van der Waals surface area contributed by atoms with E-state index in [2.05, 4.69) is 56.1 Å². The summed E-state index contributed by atoms with van der Waals surface area (Å²) in [4.78, 5) is 2.54. The molecule has 1 aromatic carbocycles. The van der Waals surface area contributed by atoms with Gasteiger partial charge in [0.2, 0.25) is 0 Å². The molecule has 0 spiro atoms. The van der Waals surface area contributed by atoms with Crippen molar-refractivity contribution in [2.24, 2.45) is 5.92 Å². The number of nitrogens with zero attached hydrogens (tertiary/aromatic N) is 1. The van der Waals surface area contributed by atoms with Gasteiger partial charge in [-0.05, 0) is 37.0 Å². The highest BCUT2D eigenvalue weighted by Gasteiger charge is 2.29. The minimum Gasteiger partial charge on any atom is -0.366 e. The summed E-state index contributed by atoms with van der Waals surface area (Å²) in [5.41, 5.74) is 2.42. The fourth-order valence-electron chi connectivity index (χ4n) is 2.93. The van der Waals surface area contributed by atoms with Crippen molar-refractivity contribution in [2.45, 2.75) is 52.6 Å². The van der Waals surface area contributed by atoms with Crippen molar-refractivity contribution in [3.05, 3.63) is 28.8 Å². The lowest BCUT2D eigenvalue weighted by Crippen LogP contribution is -2.58. The average Bonchev–Trinajstić information content (AvgIpc) is 2.48. The molecule has 1 aliphatic rings. The van der Waals surface area contributed by atoms with Crippen LogP contribution in [0.5, 0.6) is 0 Å². The summed E-state index contributed by atoms with van der Waals surface area (Å²) in [5.74, 6) is 0.705. The third-order valence-electron chi connectivity index (χ3n) is 4.74. The average molecular weight is 295 g/mol. The minimum atomic E-state index is 0.564. The van der Waals surface area contributed by atoms with Gasteiger partial charge in [-0.2, -0.15) is 0 Å². The van der Waals surface area contributed by atoms with Gasteiger partial charge in [0.05, 0.1) is 0 Å². The Balaban J connectivity index is 2.22. The van der Waals surface area contributed by atoms with Crippen LogP contribution in [0.1, 0.15) is 39.2 Å². The summed E-state index contributed by atoms with van der Waals surface area (Å²) in [6.07, 6.45) is 2.38. The zero-order valence-electron chi connectivity index (χ0n) is 13.1. The number of hydrogen-bond acceptors (Lipinski definition) is 2. The van der Waals surface area contributed by atoms with Gasteiger partial charge in [-0.1, -0.05) is 44.9 Å². The highest BCUT2D eigenvalue weighted by atomic mass is 35.5. The monoisotopic (exact) mass is 294 g/mol. The fraction of sp³-hybridized carbons (Fsp3) is 0.647. The number of nitrogens with one attached hydrogen (secondary N) is 1. The Bertz CT molecular complexity index is 447. The van der Waals surface area contributed by atoms with E-state index in [1.165, 1.54) is 12.1 Å². The molecule has 1 aliphatic heterocycles. The largest absolute Gasteiger partial charge is 0.366 e. The summed E-state index contributed by atoms with van der Waals surface area (Å²) in [6.45, 7) is 11.1. The molecule has 0 bridgehead atoms. The number of halogens is 1. The minimum absolute atomic E-state index is 0.564. The molecule has 1 aromatic rings. The van der Waals surface area contributed by atoms with Gasteiger partial charge in [0.15, 0.2) is 0 Å². The number of benzene rings is 1. The predicted octanol–water partition coefficient (Wildman–Crippen LogP) is 4.25. The first kappa shape index (κ1) is 15.7. The van der Waals surface area contributed by atoms with Crippen molar-refractivity contribution < 1.29 is 0 Å². The maximum atomic E-state index is 6.31. The predicted molar refractivity (Wildman–Crippen MR) is 88.9 cm³/mol. The molecule has 1 fully saturated rings. The molecule has 20 heavy (non-hydrogen) atoms. The smallest absolute Gasteiger partial charge is 0.0455 e. The third kappa shape index (κ3) is 3.29. The van der Waals surface area contributed by atoms with E-state index < -0.39 is 0 Å². The van der Waals surface area contributed by atoms with E-state index in [4.69, 9.17) is 11.6 Å². The molecule has 0 saturated carbocycles. The zero-order chi connectivity index (χ0) is 14.7. The Kier molecular flexibility index (Phi) is 5.34. The molecule has 1 heterocycles. The number of piperazine rings is 1. The fourth-order valence-corrected chi connectivity index (χ4v) is 3.10. The second-order valence-corrected chi connectivity index (χ2v) is 6.46. The van der Waals surface area contributed by atoms with Gasteiger partial charge in [-0.3, -0.25) is 0 Å². The van der Waals surface area contributed by atoms with E-state index in [1.54, 1.807) is 0 Å². The van der Waals surface area contributed by atoms with Crippen LogP contribution in [0.25, 0.3) is 0 Å². The van der Waals surface area contributed by atoms with Crippen LogP contribution >= 0.6 is 11.6 Å². The van der Waals surface area contributed by atoms with Gasteiger partial charge in [-0.15, -0.1) is 0 Å². The Labute approximate surface area is 128 Å². The van der Waals surface area contributed by atoms with E-state index in [1.807, 2.05) is 0 Å². The van der Waals surface area contributed by atoms with Crippen LogP contribution in [-0.2, 0) is 0 Å². The molecule has 2 nitrogen and oxygen atoms in total. The van der Waals surface area contributed by atoms with E-state index in [-0.39, 0.29) is 0 Å². The maximum absolute atomic E-state index is 6.31. The maximum Gasteiger partial charge on any atom is 0.0455 e. The molecule has 3 heteroatoms. The molecule has 3 unspecified atom stereocenters. The van der Waals surface area contributed by atoms with E-state index in [9.17, 15) is 0 Å². The van der Waals surface area contributed by atoms with Gasteiger partial charge >= 0.3 is 0 Å². The molecule has 2 rings (SSSR count). The molecule has 0 radical (unpaired) electrons. The lowest BCUT2D eigenvalue weighted by molar-refractivity contribution is 0.306. The Morgan fingerprint density at radius 1 is 1.40 bits per heavy atom. The number of aryl methyl sites for hydroxylation is 1. The summed E-state index contributed by atoms with van der Waals surface area (Å²) < 4.78 is 0. The van der Waals surface area contributed by atoms with Crippen molar-refractivity contribution in [3.8, 4) is 0 Å². The SMILES string of the molecule is CCC(C)C1CN(c2ccc(C)c(Cl)c2)C(CC)CN1. The summed E-state index contributed by atoms with van der Waals surface area (Å²) in [6, 6.07) is 7.60. The lowest BCUT2D eigenvalue weighted by Gasteiger charge is -2.43. The highest BCUT2D eigenvalue weighted by Crippen LogP contribution is 2.28. The molecule has 0 aromatic heterocycles. The van der Waals surface area contributed by atoms with Crippen molar-refractivity contribution in [2.75, 3.05) is 18.0 Å². The highest BCUT2D eigenvalue weighted by molar-refractivity contribution is 6.31. The molecule has 1 N–H and O–H groups in total. The first-order valence-corrected chi connectivity index (χ1v) is 8.20. The first-order chi connectivity index (χ1) is 9.56. The van der Waals surface area contributed by atoms with E-state index in [0.29, 0.717) is 18.0 Å². The van der Waals surface area contributed by atoms with Crippen molar-refractivity contribution in [3.63, 3.8) is 0 Å². The van der Waals surface area contributed by atoms with Crippen LogP contribution in [-0.4, -0.2) is 25.2 Å². The molecule has 3 atom stereocenters. The van der Waals surface area contributed by atoms with E-state index in [0.717, 1.165) is 30.1 Å². The second kappa shape index (κ2) is 6.82. The Morgan fingerprint density at radius 3 is 2.75 bits per heavy atom. The molecule has 112 valence electrons. The van der Waals surface area contributed by atoms with Crippen molar-refractivity contribution in [1.29, 1.82) is 0 Å². The van der Waals surface area contributed by atoms with Crippen LogP contribution in [0.3, 0.4) is 0 Å². The van der Waals surface area contributed by atoms with Crippen molar-refractivity contribution >= 4 is 17.3 Å². The lowest BCUT2D eigenvalue weighted by atomic mass is 9.94. The molecule has 0 aliphatic carbocycles. The van der Waals surface area contributed by atoms with Gasteiger partial charge in [0, 0.05) is 35.9 Å². The van der Waals surface area contributed by atoms with E-state index >= 15 is 0 Å². The quantitative estimate of drug-likeness (QED) is 0.893. The summed E-state index contributed by atoms with van der Waals surface area (Å²) in [5, 5.41) is 4.59. The van der Waals surface area contributed by atoms with Gasteiger partial charge < -0.3 is 10.2 Å². The van der Waals surface area contributed by atoms with Gasteiger partial charge in [0.25, 0.3) is 0 Å². The zero-order valence-corrected chi connectivity index (χ0v) is 13.9. The van der Waals surface area contributed by atoms with Crippen LogP contribution in [0.15, 0.2) is 18.2 Å².